The van der Waals surface area contributed by atoms with Crippen molar-refractivity contribution < 1.29 is 19.3 Å². The average Bonchev–Trinajstić information content (AvgIpc) is 2.82. The second-order valence-electron chi connectivity index (χ2n) is 12.0. The maximum absolute atomic E-state index is 9.62. The summed E-state index contributed by atoms with van der Waals surface area (Å²) in [7, 11) is 1.70. The Morgan fingerprint density at radius 1 is 0.730 bits per heavy atom. The predicted molar refractivity (Wildman–Crippen MR) is 153 cm³/mol. The number of phenolic OH excluding ortho intramolecular Hbond substituents is 1. The van der Waals surface area contributed by atoms with E-state index in [2.05, 4.69) is 67.5 Å². The topological polar surface area (TPSA) is 47.9 Å². The molecule has 0 atom stereocenters. The van der Waals surface area contributed by atoms with E-state index in [1.807, 2.05) is 24.3 Å². The van der Waals surface area contributed by atoms with Gasteiger partial charge in [-0.1, -0.05) is 79.7 Å². The molecule has 0 spiro atoms. The van der Waals surface area contributed by atoms with Crippen LogP contribution in [0.3, 0.4) is 0 Å². The van der Waals surface area contributed by atoms with Crippen molar-refractivity contribution in [1.29, 1.82) is 0 Å². The van der Waals surface area contributed by atoms with Crippen molar-refractivity contribution in [2.24, 2.45) is 22.7 Å². The lowest BCUT2D eigenvalue weighted by Gasteiger charge is -2.37. The fourth-order valence-electron chi connectivity index (χ4n) is 5.83. The van der Waals surface area contributed by atoms with Crippen LogP contribution in [0.25, 0.3) is 11.5 Å². The Morgan fingerprint density at radius 2 is 1.19 bits per heavy atom. The number of allylic oxidation sites excluding steroid dienone is 2. The van der Waals surface area contributed by atoms with E-state index in [0.29, 0.717) is 11.8 Å². The van der Waals surface area contributed by atoms with Crippen molar-refractivity contribution in [2.45, 2.75) is 68.2 Å². The molecule has 0 saturated carbocycles. The van der Waals surface area contributed by atoms with E-state index in [9.17, 15) is 5.11 Å². The van der Waals surface area contributed by atoms with Crippen LogP contribution in [0.4, 0.5) is 0 Å². The van der Waals surface area contributed by atoms with E-state index in [1.165, 1.54) is 11.1 Å². The molecule has 4 nitrogen and oxygen atoms in total. The van der Waals surface area contributed by atoms with Crippen LogP contribution in [0.5, 0.6) is 11.5 Å². The van der Waals surface area contributed by atoms with E-state index in [1.54, 1.807) is 19.2 Å². The van der Waals surface area contributed by atoms with Gasteiger partial charge in [0.15, 0.2) is 0 Å². The van der Waals surface area contributed by atoms with Gasteiger partial charge < -0.3 is 19.3 Å². The molecule has 2 aliphatic rings. The van der Waals surface area contributed by atoms with E-state index < -0.39 is 0 Å². The van der Waals surface area contributed by atoms with Crippen molar-refractivity contribution in [3.8, 4) is 11.5 Å². The first kappa shape index (κ1) is 28.7. The molecule has 4 heteroatoms. The van der Waals surface area contributed by atoms with Crippen LogP contribution in [-0.4, -0.2) is 25.4 Å². The molecule has 0 radical (unpaired) electrons. The molecule has 0 fully saturated rings. The largest absolute Gasteiger partial charge is 0.508 e. The fourth-order valence-corrected chi connectivity index (χ4v) is 5.83. The van der Waals surface area contributed by atoms with Gasteiger partial charge in [0, 0.05) is 11.1 Å². The minimum atomic E-state index is 0.160. The fraction of sp³-hybridized carbons (Fsp3) is 0.515. The number of rotatable bonds is 5. The van der Waals surface area contributed by atoms with Crippen LogP contribution < -0.4 is 4.74 Å². The van der Waals surface area contributed by atoms with Crippen LogP contribution in [0.2, 0.25) is 0 Å². The molecule has 0 bridgehead atoms. The Hall–Kier alpha value is -2.88. The molecular formula is C33H46O4. The Labute approximate surface area is 224 Å². The SMILES string of the molecule is CC(C)C1=C(c2cccc(O)c2)OCCC1(C)C.COc1cccc(C2=C(C(C)C)C(C)(C)CCO2)c1. The molecule has 0 aliphatic carbocycles. The summed E-state index contributed by atoms with van der Waals surface area (Å²) >= 11 is 0. The van der Waals surface area contributed by atoms with Crippen molar-refractivity contribution in [3.05, 3.63) is 70.8 Å². The third-order valence-corrected chi connectivity index (χ3v) is 7.49. The van der Waals surface area contributed by atoms with Crippen LogP contribution in [-0.2, 0) is 9.47 Å². The highest BCUT2D eigenvalue weighted by Gasteiger charge is 2.34. The summed E-state index contributed by atoms with van der Waals surface area (Å²) in [4.78, 5) is 0. The van der Waals surface area contributed by atoms with Gasteiger partial charge in [0.25, 0.3) is 0 Å². The van der Waals surface area contributed by atoms with Gasteiger partial charge in [-0.2, -0.15) is 0 Å². The van der Waals surface area contributed by atoms with E-state index in [-0.39, 0.29) is 16.6 Å². The number of ether oxygens (including phenoxy) is 3. The minimum absolute atomic E-state index is 0.160. The molecule has 2 heterocycles. The third-order valence-electron chi connectivity index (χ3n) is 7.49. The van der Waals surface area contributed by atoms with Gasteiger partial charge in [-0.05, 0) is 70.9 Å². The molecule has 0 saturated heterocycles. The molecule has 37 heavy (non-hydrogen) atoms. The third kappa shape index (κ3) is 6.71. The maximum atomic E-state index is 9.62. The lowest BCUT2D eigenvalue weighted by atomic mass is 9.73. The second-order valence-corrected chi connectivity index (χ2v) is 12.0. The first-order chi connectivity index (χ1) is 17.4. The van der Waals surface area contributed by atoms with Crippen LogP contribution in [0.1, 0.15) is 79.4 Å². The van der Waals surface area contributed by atoms with Crippen molar-refractivity contribution >= 4 is 11.5 Å². The zero-order chi connectivity index (χ0) is 27.4. The lowest BCUT2D eigenvalue weighted by molar-refractivity contribution is 0.180. The molecule has 0 amide bonds. The van der Waals surface area contributed by atoms with Crippen molar-refractivity contribution in [2.75, 3.05) is 20.3 Å². The molecule has 2 aromatic carbocycles. The number of phenols is 1. The van der Waals surface area contributed by atoms with Gasteiger partial charge in [-0.25, -0.2) is 0 Å². The summed E-state index contributed by atoms with van der Waals surface area (Å²) < 4.78 is 17.2. The Morgan fingerprint density at radius 3 is 1.62 bits per heavy atom. The number of aromatic hydroxyl groups is 1. The Bertz CT molecular complexity index is 1130. The summed E-state index contributed by atoms with van der Waals surface area (Å²) in [6.45, 7) is 19.6. The van der Waals surface area contributed by atoms with Gasteiger partial charge in [0.2, 0.25) is 0 Å². The monoisotopic (exact) mass is 506 g/mol. The molecular weight excluding hydrogens is 460 g/mol. The number of hydrogen-bond donors (Lipinski definition) is 1. The van der Waals surface area contributed by atoms with E-state index in [0.717, 1.165) is 54.5 Å². The smallest absolute Gasteiger partial charge is 0.126 e. The average molecular weight is 507 g/mol. The molecule has 2 aromatic rings. The van der Waals surface area contributed by atoms with E-state index in [4.69, 9.17) is 14.2 Å². The van der Waals surface area contributed by atoms with Gasteiger partial charge in [-0.3, -0.25) is 0 Å². The lowest BCUT2D eigenvalue weighted by Crippen LogP contribution is -2.27. The Balaban J connectivity index is 0.000000206. The zero-order valence-electron chi connectivity index (χ0n) is 24.3. The summed E-state index contributed by atoms with van der Waals surface area (Å²) in [6, 6.07) is 15.5. The van der Waals surface area contributed by atoms with Crippen LogP contribution in [0, 0.1) is 22.7 Å². The van der Waals surface area contributed by atoms with Crippen molar-refractivity contribution in [1.82, 2.24) is 0 Å². The van der Waals surface area contributed by atoms with Crippen molar-refractivity contribution in [3.63, 3.8) is 0 Å². The number of hydrogen-bond acceptors (Lipinski definition) is 4. The van der Waals surface area contributed by atoms with Gasteiger partial charge in [-0.15, -0.1) is 0 Å². The minimum Gasteiger partial charge on any atom is -0.508 e. The molecule has 0 aromatic heterocycles. The second kappa shape index (κ2) is 11.7. The molecule has 0 unspecified atom stereocenters. The molecule has 202 valence electrons. The van der Waals surface area contributed by atoms with Gasteiger partial charge >= 0.3 is 0 Å². The standard InChI is InChI=1S/C17H24O2.C16H22O2/c1-12(2)15-16(19-10-9-17(15,3)4)13-7-6-8-14(11-13)18-5;1-11(2)14-15(18-9-8-16(14,3)4)12-6-5-7-13(17)10-12/h6-8,11-12H,9-10H2,1-5H3;5-7,10-11,17H,8-9H2,1-4H3. The first-order valence-corrected chi connectivity index (χ1v) is 13.6. The van der Waals surface area contributed by atoms with E-state index >= 15 is 0 Å². The molecule has 1 N–H and O–H groups in total. The normalized spacial score (nSPS) is 18.7. The zero-order valence-corrected chi connectivity index (χ0v) is 24.3. The highest BCUT2D eigenvalue weighted by atomic mass is 16.5. The number of benzene rings is 2. The number of methoxy groups -OCH3 is 1. The quantitative estimate of drug-likeness (QED) is 0.440. The summed E-state index contributed by atoms with van der Waals surface area (Å²) in [5.74, 6) is 4.09. The molecule has 4 rings (SSSR count). The summed E-state index contributed by atoms with van der Waals surface area (Å²) in [5.41, 5.74) is 5.21. The predicted octanol–water partition coefficient (Wildman–Crippen LogP) is 8.71. The van der Waals surface area contributed by atoms with Crippen LogP contribution >= 0.6 is 0 Å². The highest BCUT2D eigenvalue weighted by Crippen LogP contribution is 2.45. The summed E-state index contributed by atoms with van der Waals surface area (Å²) in [6.07, 6.45) is 2.12. The first-order valence-electron chi connectivity index (χ1n) is 13.6. The van der Waals surface area contributed by atoms with Crippen LogP contribution in [0.15, 0.2) is 59.7 Å². The Kier molecular flexibility index (Phi) is 9.05. The summed E-state index contributed by atoms with van der Waals surface area (Å²) in [5, 5.41) is 9.62. The van der Waals surface area contributed by atoms with Gasteiger partial charge in [0.05, 0.1) is 20.3 Å². The van der Waals surface area contributed by atoms with Gasteiger partial charge in [0.1, 0.15) is 23.0 Å². The highest BCUT2D eigenvalue weighted by molar-refractivity contribution is 5.67. The maximum Gasteiger partial charge on any atom is 0.126 e. The molecule has 2 aliphatic heterocycles.